The molecule has 0 aliphatic carbocycles. The molecule has 1 atom stereocenters. The Bertz CT molecular complexity index is 714. The number of nitrogens with zero attached hydrogens (tertiary/aromatic N) is 1. The van der Waals surface area contributed by atoms with E-state index in [1.807, 2.05) is 0 Å². The quantitative estimate of drug-likeness (QED) is 0.0504. The lowest BCUT2D eigenvalue weighted by Crippen LogP contribution is -2.35. The van der Waals surface area contributed by atoms with Gasteiger partial charge < -0.3 is 20.3 Å². The lowest BCUT2D eigenvalue weighted by Gasteiger charge is -2.21. The van der Waals surface area contributed by atoms with Gasteiger partial charge in [-0.05, 0) is 104 Å². The van der Waals surface area contributed by atoms with Crippen LogP contribution in [0.2, 0.25) is 0 Å². The molecule has 4 heteroatoms. The molecular formula is C44H85N3O. The second-order valence-corrected chi connectivity index (χ2v) is 14.3. The Labute approximate surface area is 302 Å². The highest BCUT2D eigenvalue weighted by atomic mass is 16.5. The van der Waals surface area contributed by atoms with Crippen molar-refractivity contribution < 1.29 is 4.74 Å². The molecule has 4 nitrogen and oxygen atoms in total. The van der Waals surface area contributed by atoms with E-state index in [9.17, 15) is 0 Å². The molecule has 0 rings (SSSR count). The maximum Gasteiger partial charge on any atom is 0.0591 e. The van der Waals surface area contributed by atoms with E-state index in [0.29, 0.717) is 5.92 Å². The summed E-state index contributed by atoms with van der Waals surface area (Å²) in [5.74, 6) is 0.553. The maximum absolute atomic E-state index is 6.07. The zero-order chi connectivity index (χ0) is 34.9. The van der Waals surface area contributed by atoms with Gasteiger partial charge in [-0.25, -0.2) is 0 Å². The van der Waals surface area contributed by atoms with Crippen molar-refractivity contribution in [3.63, 3.8) is 0 Å². The molecule has 0 aromatic carbocycles. The third-order valence-corrected chi connectivity index (χ3v) is 8.94. The minimum atomic E-state index is 0.553. The molecule has 0 saturated carbocycles. The first-order chi connectivity index (χ1) is 23.7. The predicted octanol–water partition coefficient (Wildman–Crippen LogP) is 12.0. The topological polar surface area (TPSA) is 36.5 Å². The van der Waals surface area contributed by atoms with Crippen LogP contribution in [0.3, 0.4) is 0 Å². The third-order valence-electron chi connectivity index (χ3n) is 8.94. The van der Waals surface area contributed by atoms with Crippen molar-refractivity contribution >= 4 is 0 Å². The van der Waals surface area contributed by atoms with E-state index in [0.717, 1.165) is 58.8 Å². The smallest absolute Gasteiger partial charge is 0.0591 e. The second-order valence-electron chi connectivity index (χ2n) is 14.3. The molecule has 0 spiro atoms. The van der Waals surface area contributed by atoms with Crippen LogP contribution in [0.5, 0.6) is 0 Å². The van der Waals surface area contributed by atoms with Crippen LogP contribution in [0.4, 0.5) is 0 Å². The van der Waals surface area contributed by atoms with Gasteiger partial charge in [0.15, 0.2) is 0 Å². The van der Waals surface area contributed by atoms with Crippen molar-refractivity contribution in [2.24, 2.45) is 5.92 Å². The van der Waals surface area contributed by atoms with Gasteiger partial charge in [-0.1, -0.05) is 140 Å². The SMILES string of the molecule is CCCCC/C=C\C/C=C\CCCCCCCCNCCOCC(CNCCCCCCCC/C=C\C/C=C\CCCCC)CN(C)C. The summed E-state index contributed by atoms with van der Waals surface area (Å²) in [5.41, 5.74) is 0. The van der Waals surface area contributed by atoms with E-state index >= 15 is 0 Å². The highest BCUT2D eigenvalue weighted by Crippen LogP contribution is 2.09. The lowest BCUT2D eigenvalue weighted by molar-refractivity contribution is 0.0900. The number of unbranched alkanes of at least 4 members (excludes halogenated alkanes) is 18. The summed E-state index contributed by atoms with van der Waals surface area (Å²) < 4.78 is 6.07. The van der Waals surface area contributed by atoms with E-state index in [4.69, 9.17) is 4.74 Å². The molecule has 0 aromatic heterocycles. The Morgan fingerprint density at radius 3 is 1.35 bits per heavy atom. The van der Waals surface area contributed by atoms with E-state index < -0.39 is 0 Å². The van der Waals surface area contributed by atoms with Crippen LogP contribution in [0.1, 0.15) is 168 Å². The molecule has 282 valence electrons. The maximum atomic E-state index is 6.07. The molecule has 0 aromatic rings. The Balaban J connectivity index is 3.53. The first-order valence-corrected chi connectivity index (χ1v) is 20.9. The van der Waals surface area contributed by atoms with Crippen molar-refractivity contribution in [1.29, 1.82) is 0 Å². The minimum absolute atomic E-state index is 0.553. The summed E-state index contributed by atoms with van der Waals surface area (Å²) in [6.45, 7) is 11.6. The van der Waals surface area contributed by atoms with Gasteiger partial charge in [-0.15, -0.1) is 0 Å². The van der Waals surface area contributed by atoms with Crippen LogP contribution in [-0.2, 0) is 4.74 Å². The molecule has 0 bridgehead atoms. The summed E-state index contributed by atoms with van der Waals surface area (Å²) in [6.07, 6.45) is 50.2. The zero-order valence-corrected chi connectivity index (χ0v) is 33.0. The van der Waals surface area contributed by atoms with Crippen LogP contribution in [-0.4, -0.2) is 64.9 Å². The molecule has 1 unspecified atom stereocenters. The van der Waals surface area contributed by atoms with E-state index in [1.54, 1.807) is 0 Å². The largest absolute Gasteiger partial charge is 0.380 e. The minimum Gasteiger partial charge on any atom is -0.380 e. The number of rotatable bonds is 39. The average Bonchev–Trinajstić information content (AvgIpc) is 3.08. The summed E-state index contributed by atoms with van der Waals surface area (Å²) in [7, 11) is 4.34. The van der Waals surface area contributed by atoms with Crippen molar-refractivity contribution in [1.82, 2.24) is 15.5 Å². The average molecular weight is 672 g/mol. The van der Waals surface area contributed by atoms with Gasteiger partial charge in [-0.2, -0.15) is 0 Å². The molecule has 48 heavy (non-hydrogen) atoms. The Kier molecular flexibility index (Phi) is 40.9. The van der Waals surface area contributed by atoms with Crippen molar-refractivity contribution in [3.8, 4) is 0 Å². The fourth-order valence-corrected chi connectivity index (χ4v) is 5.99. The molecule has 0 aliphatic heterocycles. The number of nitrogens with one attached hydrogen (secondary N) is 2. The Morgan fingerprint density at radius 2 is 0.896 bits per heavy atom. The monoisotopic (exact) mass is 672 g/mol. The van der Waals surface area contributed by atoms with Gasteiger partial charge in [0.1, 0.15) is 0 Å². The lowest BCUT2D eigenvalue weighted by atomic mass is 10.1. The number of allylic oxidation sites excluding steroid dienone is 8. The predicted molar refractivity (Wildman–Crippen MR) is 217 cm³/mol. The third kappa shape index (κ3) is 41.0. The molecular weight excluding hydrogens is 587 g/mol. The van der Waals surface area contributed by atoms with Crippen molar-refractivity contribution in [2.45, 2.75) is 168 Å². The van der Waals surface area contributed by atoms with Crippen LogP contribution < -0.4 is 10.6 Å². The van der Waals surface area contributed by atoms with Crippen LogP contribution in [0.25, 0.3) is 0 Å². The summed E-state index contributed by atoms with van der Waals surface area (Å²) >= 11 is 0. The van der Waals surface area contributed by atoms with Crippen LogP contribution in [0, 0.1) is 5.92 Å². The van der Waals surface area contributed by atoms with E-state index in [2.05, 4.69) is 92.1 Å². The second kappa shape index (κ2) is 42.0. The molecule has 2 N–H and O–H groups in total. The number of hydrogen-bond donors (Lipinski definition) is 2. The van der Waals surface area contributed by atoms with Gasteiger partial charge in [0, 0.05) is 25.6 Å². The molecule has 0 saturated heterocycles. The fourth-order valence-electron chi connectivity index (χ4n) is 5.99. The standard InChI is InChI=1S/C44H85N3O/c1-5-7-9-11-13-15-17-19-21-23-25-27-29-31-33-35-37-45-39-40-48-43-44(42-47(3)4)41-46-38-36-34-32-30-28-26-24-22-20-18-16-14-12-10-8-6-2/h13-16,19-22,44-46H,5-12,17-18,23-43H2,1-4H3/b15-13-,16-14-,21-19-,22-20-. The first-order valence-electron chi connectivity index (χ1n) is 20.9. The fraction of sp³-hybridized carbons (Fsp3) is 0.818. The van der Waals surface area contributed by atoms with E-state index in [-0.39, 0.29) is 0 Å². The van der Waals surface area contributed by atoms with Gasteiger partial charge in [0.25, 0.3) is 0 Å². The Morgan fingerprint density at radius 1 is 0.479 bits per heavy atom. The highest BCUT2D eigenvalue weighted by Gasteiger charge is 2.10. The molecule has 0 fully saturated rings. The highest BCUT2D eigenvalue weighted by molar-refractivity contribution is 4.93. The van der Waals surface area contributed by atoms with Crippen LogP contribution >= 0.6 is 0 Å². The summed E-state index contributed by atoms with van der Waals surface area (Å²) in [6, 6.07) is 0. The summed E-state index contributed by atoms with van der Waals surface area (Å²) in [4.78, 5) is 2.29. The van der Waals surface area contributed by atoms with Crippen molar-refractivity contribution in [3.05, 3.63) is 48.6 Å². The number of hydrogen-bond acceptors (Lipinski definition) is 4. The van der Waals surface area contributed by atoms with Gasteiger partial charge in [0.05, 0.1) is 13.2 Å². The molecule has 0 amide bonds. The van der Waals surface area contributed by atoms with E-state index in [1.165, 1.54) is 141 Å². The van der Waals surface area contributed by atoms with Gasteiger partial charge in [-0.3, -0.25) is 0 Å². The zero-order valence-electron chi connectivity index (χ0n) is 33.0. The molecule has 0 radical (unpaired) electrons. The normalized spacial score (nSPS) is 13.1. The van der Waals surface area contributed by atoms with Crippen LogP contribution in [0.15, 0.2) is 48.6 Å². The first kappa shape index (κ1) is 46.8. The van der Waals surface area contributed by atoms with Gasteiger partial charge >= 0.3 is 0 Å². The molecule has 0 heterocycles. The summed E-state index contributed by atoms with van der Waals surface area (Å²) in [5, 5.41) is 7.29. The van der Waals surface area contributed by atoms with Crippen molar-refractivity contribution in [2.75, 3.05) is 60.0 Å². The molecule has 0 aliphatic rings. The number of ether oxygens (including phenoxy) is 1. The van der Waals surface area contributed by atoms with Gasteiger partial charge in [0.2, 0.25) is 0 Å². The Hall–Kier alpha value is -1.20.